The van der Waals surface area contributed by atoms with Gasteiger partial charge in [0.15, 0.2) is 0 Å². The lowest BCUT2D eigenvalue weighted by Gasteiger charge is -2.13. The summed E-state index contributed by atoms with van der Waals surface area (Å²) in [5.41, 5.74) is 2.68. The molecule has 110 valence electrons. The van der Waals surface area contributed by atoms with Gasteiger partial charge in [-0.15, -0.1) is 0 Å². The molecule has 1 unspecified atom stereocenters. The maximum Gasteiger partial charge on any atom is 0.307 e. The molecule has 2 aromatic carbocycles. The number of hydrogen-bond acceptors (Lipinski definition) is 2. The predicted octanol–water partition coefficient (Wildman–Crippen LogP) is 3.32. The van der Waals surface area contributed by atoms with Gasteiger partial charge in [0, 0.05) is 5.02 Å². The van der Waals surface area contributed by atoms with Crippen LogP contribution < -0.4 is 0 Å². The Morgan fingerprint density at radius 2 is 1.62 bits per heavy atom. The minimum atomic E-state index is -0.818. The van der Waals surface area contributed by atoms with E-state index in [9.17, 15) is 9.90 Å². The van der Waals surface area contributed by atoms with Gasteiger partial charge in [0.2, 0.25) is 0 Å². The van der Waals surface area contributed by atoms with Crippen LogP contribution in [0.15, 0.2) is 48.5 Å². The van der Waals surface area contributed by atoms with Crippen LogP contribution in [0, 0.1) is 5.92 Å². The third kappa shape index (κ3) is 4.59. The molecule has 0 heterocycles. The lowest BCUT2D eigenvalue weighted by Crippen LogP contribution is -2.19. The third-order valence-corrected chi connectivity index (χ3v) is 3.64. The average molecular weight is 305 g/mol. The molecule has 0 radical (unpaired) electrons. The van der Waals surface area contributed by atoms with Gasteiger partial charge in [-0.1, -0.05) is 48.0 Å². The topological polar surface area (TPSA) is 57.5 Å². The number of hydrogen-bond donors (Lipinski definition) is 2. The molecule has 4 heteroatoms. The molecular weight excluding hydrogens is 288 g/mol. The Morgan fingerprint density at radius 3 is 2.19 bits per heavy atom. The fourth-order valence-corrected chi connectivity index (χ4v) is 2.47. The Labute approximate surface area is 128 Å². The molecule has 0 saturated carbocycles. The van der Waals surface area contributed by atoms with Crippen molar-refractivity contribution in [1.29, 1.82) is 0 Å². The fraction of sp³-hybridized carbons (Fsp3) is 0.235. The molecular formula is C17H17ClO3. The molecule has 0 spiro atoms. The Morgan fingerprint density at radius 1 is 1.00 bits per heavy atom. The minimum Gasteiger partial charge on any atom is -0.481 e. The SMILES string of the molecule is O=C(O)C(Cc1ccc(CO)cc1)Cc1cccc(Cl)c1. The summed E-state index contributed by atoms with van der Waals surface area (Å²) < 4.78 is 0. The summed E-state index contributed by atoms with van der Waals surface area (Å²) in [6.45, 7) is -0.00878. The molecule has 0 aliphatic rings. The van der Waals surface area contributed by atoms with Gasteiger partial charge in [0.05, 0.1) is 12.5 Å². The quantitative estimate of drug-likeness (QED) is 0.860. The van der Waals surface area contributed by atoms with Crippen LogP contribution in [-0.2, 0) is 24.2 Å². The minimum absolute atomic E-state index is 0.00878. The van der Waals surface area contributed by atoms with Crippen molar-refractivity contribution in [2.45, 2.75) is 19.4 Å². The second-order valence-corrected chi connectivity index (χ2v) is 5.48. The second-order valence-electron chi connectivity index (χ2n) is 5.05. The number of carboxylic acids is 1. The van der Waals surface area contributed by atoms with E-state index in [-0.39, 0.29) is 6.61 Å². The lowest BCUT2D eigenvalue weighted by atomic mass is 9.92. The molecule has 1 atom stereocenters. The van der Waals surface area contributed by atoms with Crippen molar-refractivity contribution in [1.82, 2.24) is 0 Å². The highest BCUT2D eigenvalue weighted by Crippen LogP contribution is 2.18. The number of aliphatic carboxylic acids is 1. The van der Waals surface area contributed by atoms with Crippen molar-refractivity contribution < 1.29 is 15.0 Å². The van der Waals surface area contributed by atoms with Crippen molar-refractivity contribution in [3.8, 4) is 0 Å². The van der Waals surface area contributed by atoms with Crippen molar-refractivity contribution >= 4 is 17.6 Å². The molecule has 21 heavy (non-hydrogen) atoms. The molecule has 2 rings (SSSR count). The van der Waals surface area contributed by atoms with Crippen LogP contribution in [-0.4, -0.2) is 16.2 Å². The Hall–Kier alpha value is -1.84. The van der Waals surface area contributed by atoms with Gasteiger partial charge in [-0.2, -0.15) is 0 Å². The smallest absolute Gasteiger partial charge is 0.307 e. The number of aliphatic hydroxyl groups is 1. The van der Waals surface area contributed by atoms with Crippen molar-refractivity contribution in [3.63, 3.8) is 0 Å². The van der Waals surface area contributed by atoms with Crippen LogP contribution in [0.5, 0.6) is 0 Å². The third-order valence-electron chi connectivity index (χ3n) is 3.41. The Balaban J connectivity index is 2.10. The van der Waals surface area contributed by atoms with E-state index >= 15 is 0 Å². The first kappa shape index (κ1) is 15.5. The normalized spacial score (nSPS) is 12.1. The second kappa shape index (κ2) is 7.25. The molecule has 3 nitrogen and oxygen atoms in total. The summed E-state index contributed by atoms with van der Waals surface area (Å²) in [7, 11) is 0. The van der Waals surface area contributed by atoms with Gasteiger partial charge in [-0.05, 0) is 41.7 Å². The highest BCUT2D eigenvalue weighted by atomic mass is 35.5. The fourth-order valence-electron chi connectivity index (χ4n) is 2.26. The summed E-state index contributed by atoms with van der Waals surface area (Å²) in [5.74, 6) is -1.32. The van der Waals surface area contributed by atoms with Gasteiger partial charge in [-0.25, -0.2) is 0 Å². The van der Waals surface area contributed by atoms with Crippen molar-refractivity contribution in [2.24, 2.45) is 5.92 Å². The first-order valence-electron chi connectivity index (χ1n) is 6.74. The largest absolute Gasteiger partial charge is 0.481 e. The number of carbonyl (C=O) groups is 1. The summed E-state index contributed by atoms with van der Waals surface area (Å²) in [6, 6.07) is 14.6. The summed E-state index contributed by atoms with van der Waals surface area (Å²) >= 11 is 5.93. The van der Waals surface area contributed by atoms with E-state index in [1.807, 2.05) is 36.4 Å². The predicted molar refractivity (Wildman–Crippen MR) is 82.4 cm³/mol. The van der Waals surface area contributed by atoms with Crippen LogP contribution in [0.25, 0.3) is 0 Å². The maximum absolute atomic E-state index is 11.4. The molecule has 0 aromatic heterocycles. The summed E-state index contributed by atoms with van der Waals surface area (Å²) in [6.07, 6.45) is 0.894. The van der Waals surface area contributed by atoms with Gasteiger partial charge < -0.3 is 10.2 Å². The molecule has 0 bridgehead atoms. The number of rotatable bonds is 6. The molecule has 0 aliphatic heterocycles. The Kier molecular flexibility index (Phi) is 5.37. The summed E-state index contributed by atoms with van der Waals surface area (Å²) in [4.78, 5) is 11.4. The molecule has 2 aromatic rings. The maximum atomic E-state index is 11.4. The van der Waals surface area contributed by atoms with E-state index in [1.54, 1.807) is 12.1 Å². The van der Waals surface area contributed by atoms with E-state index in [4.69, 9.17) is 16.7 Å². The van der Waals surface area contributed by atoms with Crippen molar-refractivity contribution in [3.05, 3.63) is 70.2 Å². The van der Waals surface area contributed by atoms with Crippen LogP contribution in [0.3, 0.4) is 0 Å². The van der Waals surface area contributed by atoms with Gasteiger partial charge in [0.1, 0.15) is 0 Å². The Bertz CT molecular complexity index is 608. The van der Waals surface area contributed by atoms with Crippen LogP contribution in [0.2, 0.25) is 5.02 Å². The number of benzene rings is 2. The zero-order valence-corrected chi connectivity index (χ0v) is 12.3. The van der Waals surface area contributed by atoms with E-state index in [0.29, 0.717) is 17.9 Å². The molecule has 0 aliphatic carbocycles. The standard InChI is InChI=1S/C17H17ClO3/c18-16-3-1-2-14(10-16)9-15(17(20)21)8-12-4-6-13(11-19)7-5-12/h1-7,10,15,19H,8-9,11H2,(H,20,21). The first-order chi connectivity index (χ1) is 10.1. The number of aliphatic hydroxyl groups excluding tert-OH is 1. The molecule has 2 N–H and O–H groups in total. The van der Waals surface area contributed by atoms with Gasteiger partial charge >= 0.3 is 5.97 Å². The average Bonchev–Trinajstić information content (AvgIpc) is 2.47. The molecule has 0 amide bonds. The highest BCUT2D eigenvalue weighted by Gasteiger charge is 2.18. The van der Waals surface area contributed by atoms with E-state index < -0.39 is 11.9 Å². The molecule has 0 fully saturated rings. The molecule has 0 saturated heterocycles. The zero-order chi connectivity index (χ0) is 15.2. The highest BCUT2D eigenvalue weighted by molar-refractivity contribution is 6.30. The van der Waals surface area contributed by atoms with Crippen molar-refractivity contribution in [2.75, 3.05) is 0 Å². The van der Waals surface area contributed by atoms with E-state index in [0.717, 1.165) is 16.7 Å². The van der Waals surface area contributed by atoms with Gasteiger partial charge in [-0.3, -0.25) is 4.79 Å². The van der Waals surface area contributed by atoms with E-state index in [1.165, 1.54) is 0 Å². The first-order valence-corrected chi connectivity index (χ1v) is 7.12. The van der Waals surface area contributed by atoms with Crippen LogP contribution in [0.1, 0.15) is 16.7 Å². The summed E-state index contributed by atoms with van der Waals surface area (Å²) in [5, 5.41) is 19.0. The van der Waals surface area contributed by atoms with Crippen LogP contribution >= 0.6 is 11.6 Å². The van der Waals surface area contributed by atoms with E-state index in [2.05, 4.69) is 0 Å². The number of halogens is 1. The van der Waals surface area contributed by atoms with Crippen LogP contribution in [0.4, 0.5) is 0 Å². The zero-order valence-electron chi connectivity index (χ0n) is 11.5. The monoisotopic (exact) mass is 304 g/mol. The number of carboxylic acid groups (broad SMARTS) is 1. The lowest BCUT2D eigenvalue weighted by molar-refractivity contribution is -0.141. The van der Waals surface area contributed by atoms with Gasteiger partial charge in [0.25, 0.3) is 0 Å².